The number of nitrogens with zero attached hydrogens (tertiary/aromatic N) is 3. The number of carbonyl (C=O) groups excluding carboxylic acids is 1. The summed E-state index contributed by atoms with van der Waals surface area (Å²) < 4.78 is 24.2. The summed E-state index contributed by atoms with van der Waals surface area (Å²) in [4.78, 5) is 15.5. The Balaban J connectivity index is 1.48. The number of benzene rings is 2. The first-order valence-electron chi connectivity index (χ1n) is 9.31. The first-order chi connectivity index (χ1) is 15.1. The highest BCUT2D eigenvalue weighted by atomic mass is 32.2. The van der Waals surface area contributed by atoms with Crippen LogP contribution in [-0.4, -0.2) is 29.0 Å². The van der Waals surface area contributed by atoms with E-state index in [9.17, 15) is 9.18 Å². The number of anilines is 1. The van der Waals surface area contributed by atoms with Gasteiger partial charge in [-0.25, -0.2) is 4.39 Å². The van der Waals surface area contributed by atoms with Crippen molar-refractivity contribution >= 4 is 34.7 Å². The molecule has 6 nitrogen and oxygen atoms in total. The van der Waals surface area contributed by atoms with Crippen LogP contribution in [0.15, 0.2) is 75.7 Å². The third-order valence-corrected chi connectivity index (χ3v) is 6.06. The maximum atomic E-state index is 13.4. The van der Waals surface area contributed by atoms with Crippen LogP contribution in [0, 0.1) is 5.82 Å². The molecule has 2 aromatic carbocycles. The molecule has 1 amide bonds. The zero-order chi connectivity index (χ0) is 21.6. The number of rotatable bonds is 8. The highest BCUT2D eigenvalue weighted by molar-refractivity contribution is 7.99. The number of thiophene rings is 1. The molecular weight excluding hydrogens is 437 g/mol. The second-order valence-electron chi connectivity index (χ2n) is 6.44. The van der Waals surface area contributed by atoms with Crippen LogP contribution in [0.5, 0.6) is 5.75 Å². The molecular formula is C22H18FN3O3S2. The number of carbonyl (C=O) groups is 1. The third-order valence-electron chi connectivity index (χ3n) is 4.40. The number of methoxy groups -OCH3 is 1. The number of hydrogen-bond donors (Lipinski definition) is 0. The lowest BCUT2D eigenvalue weighted by Crippen LogP contribution is -2.31. The molecule has 158 valence electrons. The molecule has 0 spiro atoms. The topological polar surface area (TPSA) is 68.5 Å². The number of hydrogen-bond acceptors (Lipinski definition) is 7. The largest absolute Gasteiger partial charge is 0.497 e. The molecule has 0 saturated heterocycles. The van der Waals surface area contributed by atoms with Crippen LogP contribution in [-0.2, 0) is 11.3 Å². The summed E-state index contributed by atoms with van der Waals surface area (Å²) in [6.07, 6.45) is 0. The molecule has 4 rings (SSSR count). The highest BCUT2D eigenvalue weighted by Crippen LogP contribution is 2.27. The van der Waals surface area contributed by atoms with E-state index in [0.29, 0.717) is 23.3 Å². The van der Waals surface area contributed by atoms with Gasteiger partial charge in [-0.15, -0.1) is 21.5 Å². The molecule has 0 atom stereocenters. The maximum absolute atomic E-state index is 13.4. The summed E-state index contributed by atoms with van der Waals surface area (Å²) >= 11 is 2.67. The van der Waals surface area contributed by atoms with Crippen molar-refractivity contribution < 1.29 is 18.3 Å². The molecule has 0 unspecified atom stereocenters. The van der Waals surface area contributed by atoms with Gasteiger partial charge in [0.1, 0.15) is 11.6 Å². The summed E-state index contributed by atoms with van der Waals surface area (Å²) in [5.74, 6) is 0.736. The average molecular weight is 456 g/mol. The summed E-state index contributed by atoms with van der Waals surface area (Å²) in [7, 11) is 1.60. The van der Waals surface area contributed by atoms with E-state index in [2.05, 4.69) is 10.2 Å². The molecule has 0 aliphatic rings. The van der Waals surface area contributed by atoms with Crippen molar-refractivity contribution in [3.8, 4) is 16.5 Å². The van der Waals surface area contributed by atoms with Crippen molar-refractivity contribution in [1.82, 2.24) is 10.2 Å². The lowest BCUT2D eigenvalue weighted by molar-refractivity contribution is -0.116. The van der Waals surface area contributed by atoms with Gasteiger partial charge in [0, 0.05) is 5.69 Å². The van der Waals surface area contributed by atoms with E-state index in [4.69, 9.17) is 9.15 Å². The van der Waals surface area contributed by atoms with Crippen LogP contribution in [0.4, 0.5) is 10.1 Å². The Morgan fingerprint density at radius 3 is 2.58 bits per heavy atom. The standard InChI is InChI=1S/C22H18FN3O3S2/c1-28-18-10-4-15(5-11-18)13-26(17-8-6-16(23)7-9-17)20(27)14-31-22-25-24-21(29-22)19-3-2-12-30-19/h2-12H,13-14H2,1H3. The van der Waals surface area contributed by atoms with Crippen molar-refractivity contribution in [1.29, 1.82) is 0 Å². The van der Waals surface area contributed by atoms with E-state index in [0.717, 1.165) is 16.2 Å². The Labute approximate surface area is 186 Å². The van der Waals surface area contributed by atoms with Gasteiger partial charge < -0.3 is 14.1 Å². The minimum atomic E-state index is -0.359. The number of thioether (sulfide) groups is 1. The molecule has 0 saturated carbocycles. The number of aromatic nitrogens is 2. The predicted octanol–water partition coefficient (Wildman–Crippen LogP) is 5.27. The van der Waals surface area contributed by atoms with Crippen LogP contribution in [0.25, 0.3) is 10.8 Å². The summed E-state index contributed by atoms with van der Waals surface area (Å²) in [5.41, 5.74) is 1.52. The SMILES string of the molecule is COc1ccc(CN(C(=O)CSc2nnc(-c3cccs3)o2)c2ccc(F)cc2)cc1. The molecule has 9 heteroatoms. The maximum Gasteiger partial charge on any atom is 0.277 e. The fourth-order valence-corrected chi connectivity index (χ4v) is 4.11. The van der Waals surface area contributed by atoms with E-state index in [-0.39, 0.29) is 17.5 Å². The smallest absolute Gasteiger partial charge is 0.277 e. The molecule has 0 fully saturated rings. The number of ether oxygens (including phenoxy) is 1. The van der Waals surface area contributed by atoms with E-state index in [1.807, 2.05) is 41.8 Å². The second-order valence-corrected chi connectivity index (χ2v) is 8.32. The molecule has 0 aliphatic heterocycles. The molecule has 0 bridgehead atoms. The van der Waals surface area contributed by atoms with E-state index in [1.54, 1.807) is 24.1 Å². The van der Waals surface area contributed by atoms with Crippen LogP contribution >= 0.6 is 23.1 Å². The van der Waals surface area contributed by atoms with E-state index < -0.39 is 0 Å². The lowest BCUT2D eigenvalue weighted by Gasteiger charge is -2.23. The van der Waals surface area contributed by atoms with Crippen LogP contribution < -0.4 is 9.64 Å². The third kappa shape index (κ3) is 5.31. The van der Waals surface area contributed by atoms with Gasteiger partial charge in [-0.1, -0.05) is 30.0 Å². The van der Waals surface area contributed by atoms with E-state index in [1.165, 1.54) is 35.2 Å². The number of halogens is 1. The molecule has 2 aromatic heterocycles. The van der Waals surface area contributed by atoms with Gasteiger partial charge in [-0.2, -0.15) is 0 Å². The predicted molar refractivity (Wildman–Crippen MR) is 119 cm³/mol. The Kier molecular flexibility index (Phi) is 6.63. The molecule has 4 aromatic rings. The first-order valence-corrected chi connectivity index (χ1v) is 11.2. The quantitative estimate of drug-likeness (QED) is 0.337. The van der Waals surface area contributed by atoms with E-state index >= 15 is 0 Å². The fraction of sp³-hybridized carbons (Fsp3) is 0.136. The normalized spacial score (nSPS) is 10.8. The van der Waals surface area contributed by atoms with Crippen molar-refractivity contribution in [3.05, 3.63) is 77.4 Å². The monoisotopic (exact) mass is 455 g/mol. The van der Waals surface area contributed by atoms with Gasteiger partial charge in [0.15, 0.2) is 0 Å². The van der Waals surface area contributed by atoms with Gasteiger partial charge in [0.25, 0.3) is 11.1 Å². The molecule has 0 aliphatic carbocycles. The van der Waals surface area contributed by atoms with Gasteiger partial charge in [-0.05, 0) is 53.4 Å². The first kappa shape index (κ1) is 21.1. The Hall–Kier alpha value is -3.17. The lowest BCUT2D eigenvalue weighted by atomic mass is 10.2. The Bertz CT molecular complexity index is 1130. The molecule has 31 heavy (non-hydrogen) atoms. The van der Waals surface area contributed by atoms with Crippen LogP contribution in [0.3, 0.4) is 0 Å². The molecule has 2 heterocycles. The second kappa shape index (κ2) is 9.76. The van der Waals surface area contributed by atoms with Crippen molar-refractivity contribution in [2.24, 2.45) is 0 Å². The number of amides is 1. The van der Waals surface area contributed by atoms with Crippen LogP contribution in [0.2, 0.25) is 0 Å². The summed E-state index contributed by atoms with van der Waals surface area (Å²) in [6.45, 7) is 0.333. The summed E-state index contributed by atoms with van der Waals surface area (Å²) in [5, 5.41) is 10.3. The van der Waals surface area contributed by atoms with Gasteiger partial charge in [-0.3, -0.25) is 4.79 Å². The average Bonchev–Trinajstić information content (AvgIpc) is 3.49. The van der Waals surface area contributed by atoms with Crippen LogP contribution in [0.1, 0.15) is 5.56 Å². The van der Waals surface area contributed by atoms with Gasteiger partial charge in [0.2, 0.25) is 5.91 Å². The molecule has 0 N–H and O–H groups in total. The van der Waals surface area contributed by atoms with Gasteiger partial charge in [0.05, 0.1) is 24.3 Å². The Morgan fingerprint density at radius 1 is 1.13 bits per heavy atom. The summed E-state index contributed by atoms with van der Waals surface area (Å²) in [6, 6.07) is 17.1. The zero-order valence-corrected chi connectivity index (χ0v) is 18.2. The fourth-order valence-electron chi connectivity index (χ4n) is 2.83. The Morgan fingerprint density at radius 2 is 1.90 bits per heavy atom. The van der Waals surface area contributed by atoms with Crippen molar-refractivity contribution in [2.45, 2.75) is 11.8 Å². The minimum absolute atomic E-state index is 0.0968. The van der Waals surface area contributed by atoms with Crippen molar-refractivity contribution in [3.63, 3.8) is 0 Å². The van der Waals surface area contributed by atoms with Gasteiger partial charge >= 0.3 is 0 Å². The van der Waals surface area contributed by atoms with Crippen molar-refractivity contribution in [2.75, 3.05) is 17.8 Å². The highest BCUT2D eigenvalue weighted by Gasteiger charge is 2.19. The molecule has 0 radical (unpaired) electrons. The zero-order valence-electron chi connectivity index (χ0n) is 16.5. The minimum Gasteiger partial charge on any atom is -0.497 e.